The number of nitrogens with one attached hydrogen (secondary N) is 2. The van der Waals surface area contributed by atoms with Crippen LogP contribution in [0.3, 0.4) is 0 Å². The zero-order chi connectivity index (χ0) is 20.9. The van der Waals surface area contributed by atoms with Crippen LogP contribution in [0.4, 0.5) is 10.5 Å². The SMILES string of the molecule is COc1ccc(NC(=O)COC(=O)CCN2C(=O)NC(C)(C)C2=O)c(OC)c1. The minimum absolute atomic E-state index is 0.124. The number of carbonyl (C=O) groups is 4. The third-order valence-corrected chi connectivity index (χ3v) is 4.03. The van der Waals surface area contributed by atoms with Gasteiger partial charge in [0, 0.05) is 12.6 Å². The molecule has 0 atom stereocenters. The van der Waals surface area contributed by atoms with Crippen molar-refractivity contribution in [3.63, 3.8) is 0 Å². The molecule has 0 unspecified atom stereocenters. The maximum absolute atomic E-state index is 12.0. The molecule has 1 saturated heterocycles. The first-order chi connectivity index (χ1) is 13.2. The Balaban J connectivity index is 1.81. The lowest BCUT2D eigenvalue weighted by molar-refractivity contribution is -0.147. The highest BCUT2D eigenvalue weighted by molar-refractivity contribution is 6.06. The Morgan fingerprint density at radius 1 is 1.18 bits per heavy atom. The number of carbonyl (C=O) groups excluding carboxylic acids is 4. The second-order valence-corrected chi connectivity index (χ2v) is 6.54. The van der Waals surface area contributed by atoms with E-state index in [2.05, 4.69) is 10.6 Å². The smallest absolute Gasteiger partial charge is 0.325 e. The number of urea groups is 1. The number of benzene rings is 1. The molecule has 1 fully saturated rings. The van der Waals surface area contributed by atoms with Gasteiger partial charge in [0.15, 0.2) is 6.61 Å². The molecule has 0 spiro atoms. The van der Waals surface area contributed by atoms with E-state index in [-0.39, 0.29) is 13.0 Å². The summed E-state index contributed by atoms with van der Waals surface area (Å²) in [7, 11) is 2.95. The van der Waals surface area contributed by atoms with E-state index < -0.39 is 36.0 Å². The Morgan fingerprint density at radius 2 is 1.89 bits per heavy atom. The summed E-state index contributed by atoms with van der Waals surface area (Å²) < 4.78 is 15.1. The molecule has 0 aromatic heterocycles. The topological polar surface area (TPSA) is 123 Å². The Labute approximate surface area is 162 Å². The Morgan fingerprint density at radius 3 is 2.46 bits per heavy atom. The van der Waals surface area contributed by atoms with Gasteiger partial charge in [0.05, 0.1) is 26.3 Å². The fraction of sp³-hybridized carbons (Fsp3) is 0.444. The van der Waals surface area contributed by atoms with Gasteiger partial charge in [-0.15, -0.1) is 0 Å². The molecule has 1 aliphatic heterocycles. The van der Waals surface area contributed by atoms with E-state index >= 15 is 0 Å². The van der Waals surface area contributed by atoms with Gasteiger partial charge in [0.2, 0.25) is 0 Å². The summed E-state index contributed by atoms with van der Waals surface area (Å²) >= 11 is 0. The summed E-state index contributed by atoms with van der Waals surface area (Å²) in [5.74, 6) is -0.741. The predicted molar refractivity (Wildman–Crippen MR) is 98.1 cm³/mol. The average Bonchev–Trinajstić information content (AvgIpc) is 2.85. The molecule has 2 N–H and O–H groups in total. The molecular weight excluding hydrogens is 370 g/mol. The maximum Gasteiger partial charge on any atom is 0.325 e. The van der Waals surface area contributed by atoms with Gasteiger partial charge < -0.3 is 24.8 Å². The number of methoxy groups -OCH3 is 2. The van der Waals surface area contributed by atoms with E-state index in [0.29, 0.717) is 17.2 Å². The van der Waals surface area contributed by atoms with Crippen molar-refractivity contribution in [1.82, 2.24) is 10.2 Å². The van der Waals surface area contributed by atoms with Crippen molar-refractivity contribution in [2.24, 2.45) is 0 Å². The van der Waals surface area contributed by atoms with Gasteiger partial charge in [-0.25, -0.2) is 4.79 Å². The summed E-state index contributed by atoms with van der Waals surface area (Å²) in [6, 6.07) is 4.27. The second kappa shape index (κ2) is 8.59. The molecule has 0 aliphatic carbocycles. The lowest BCUT2D eigenvalue weighted by Gasteiger charge is -2.15. The van der Waals surface area contributed by atoms with E-state index in [9.17, 15) is 19.2 Å². The van der Waals surface area contributed by atoms with Crippen molar-refractivity contribution >= 4 is 29.5 Å². The molecule has 1 heterocycles. The Hall–Kier alpha value is -3.30. The molecule has 1 aliphatic rings. The zero-order valence-electron chi connectivity index (χ0n) is 16.2. The van der Waals surface area contributed by atoms with Crippen molar-refractivity contribution in [3.8, 4) is 11.5 Å². The van der Waals surface area contributed by atoms with Crippen LogP contribution in [0.25, 0.3) is 0 Å². The third-order valence-electron chi connectivity index (χ3n) is 4.03. The van der Waals surface area contributed by atoms with Crippen LogP contribution in [0.5, 0.6) is 11.5 Å². The summed E-state index contributed by atoms with van der Waals surface area (Å²) in [5, 5.41) is 5.08. The van der Waals surface area contributed by atoms with E-state index in [1.165, 1.54) is 14.2 Å². The molecule has 0 saturated carbocycles. The summed E-state index contributed by atoms with van der Waals surface area (Å²) in [4.78, 5) is 48.5. The summed E-state index contributed by atoms with van der Waals surface area (Å²) in [5.41, 5.74) is -0.607. The number of ether oxygens (including phenoxy) is 3. The predicted octanol–water partition coefficient (Wildman–Crippen LogP) is 0.906. The number of nitrogens with zero attached hydrogens (tertiary/aromatic N) is 1. The van der Waals surface area contributed by atoms with Crippen molar-refractivity contribution in [3.05, 3.63) is 18.2 Å². The number of esters is 1. The van der Waals surface area contributed by atoms with E-state index in [0.717, 1.165) is 4.90 Å². The fourth-order valence-electron chi connectivity index (χ4n) is 2.53. The summed E-state index contributed by atoms with van der Waals surface area (Å²) in [6.07, 6.45) is -0.214. The van der Waals surface area contributed by atoms with Gasteiger partial charge in [-0.1, -0.05) is 0 Å². The van der Waals surface area contributed by atoms with Crippen LogP contribution >= 0.6 is 0 Å². The minimum Gasteiger partial charge on any atom is -0.497 e. The van der Waals surface area contributed by atoms with E-state index in [4.69, 9.17) is 14.2 Å². The second-order valence-electron chi connectivity index (χ2n) is 6.54. The molecule has 0 radical (unpaired) electrons. The number of imide groups is 1. The number of hydrogen-bond donors (Lipinski definition) is 2. The van der Waals surface area contributed by atoms with Crippen LogP contribution in [0.1, 0.15) is 20.3 Å². The standard InChI is InChI=1S/C18H23N3O7/c1-18(2)16(24)21(17(25)20-18)8-7-15(23)28-10-14(22)19-12-6-5-11(26-3)9-13(12)27-4/h5-6,9H,7-8,10H2,1-4H3,(H,19,22)(H,20,25). The van der Waals surface area contributed by atoms with Gasteiger partial charge in [0.1, 0.15) is 17.0 Å². The van der Waals surface area contributed by atoms with Crippen molar-refractivity contribution in [2.75, 3.05) is 32.7 Å². The molecule has 4 amide bonds. The zero-order valence-corrected chi connectivity index (χ0v) is 16.2. The lowest BCUT2D eigenvalue weighted by atomic mass is 10.1. The Kier molecular flexibility index (Phi) is 6.45. The molecule has 10 nitrogen and oxygen atoms in total. The molecule has 1 aromatic rings. The van der Waals surface area contributed by atoms with Gasteiger partial charge in [-0.2, -0.15) is 0 Å². The first kappa shape index (κ1) is 21.0. The first-order valence-corrected chi connectivity index (χ1v) is 8.49. The van der Waals surface area contributed by atoms with Crippen LogP contribution in [0.2, 0.25) is 0 Å². The van der Waals surface area contributed by atoms with Gasteiger partial charge in [-0.3, -0.25) is 19.3 Å². The van der Waals surface area contributed by atoms with Crippen LogP contribution in [0.15, 0.2) is 18.2 Å². The van der Waals surface area contributed by atoms with Gasteiger partial charge >= 0.3 is 12.0 Å². The largest absolute Gasteiger partial charge is 0.497 e. The van der Waals surface area contributed by atoms with E-state index in [1.807, 2.05) is 0 Å². The quantitative estimate of drug-likeness (QED) is 0.497. The van der Waals surface area contributed by atoms with Crippen LogP contribution in [-0.2, 0) is 19.1 Å². The Bertz CT molecular complexity index is 791. The molecule has 28 heavy (non-hydrogen) atoms. The highest BCUT2D eigenvalue weighted by Crippen LogP contribution is 2.28. The third kappa shape index (κ3) is 4.90. The van der Waals surface area contributed by atoms with Crippen LogP contribution < -0.4 is 20.1 Å². The number of rotatable bonds is 8. The van der Waals surface area contributed by atoms with E-state index in [1.54, 1.807) is 32.0 Å². The molecule has 152 valence electrons. The van der Waals surface area contributed by atoms with Crippen molar-refractivity contribution < 1.29 is 33.4 Å². The minimum atomic E-state index is -1.00. The number of hydrogen-bond acceptors (Lipinski definition) is 7. The number of anilines is 1. The lowest BCUT2D eigenvalue weighted by Crippen LogP contribution is -2.40. The number of amides is 4. The van der Waals surface area contributed by atoms with Crippen LogP contribution in [0, 0.1) is 0 Å². The molecule has 1 aromatic carbocycles. The van der Waals surface area contributed by atoms with Gasteiger partial charge in [0.25, 0.3) is 11.8 Å². The van der Waals surface area contributed by atoms with Crippen LogP contribution in [-0.4, -0.2) is 61.6 Å². The van der Waals surface area contributed by atoms with Crippen molar-refractivity contribution in [2.45, 2.75) is 25.8 Å². The fourth-order valence-corrected chi connectivity index (χ4v) is 2.53. The van der Waals surface area contributed by atoms with Crippen molar-refractivity contribution in [1.29, 1.82) is 0 Å². The highest BCUT2D eigenvalue weighted by atomic mass is 16.5. The average molecular weight is 393 g/mol. The molecular formula is C18H23N3O7. The first-order valence-electron chi connectivity index (χ1n) is 8.49. The maximum atomic E-state index is 12.0. The molecule has 10 heteroatoms. The van der Waals surface area contributed by atoms with Gasteiger partial charge in [-0.05, 0) is 26.0 Å². The summed E-state index contributed by atoms with van der Waals surface area (Å²) in [6.45, 7) is 2.51. The monoisotopic (exact) mass is 393 g/mol. The highest BCUT2D eigenvalue weighted by Gasteiger charge is 2.44. The molecule has 0 bridgehead atoms. The normalized spacial score (nSPS) is 15.1. The molecule has 2 rings (SSSR count).